The molecule has 1 heterocycles. The van der Waals surface area contributed by atoms with Gasteiger partial charge in [-0.3, -0.25) is 4.79 Å². The highest BCUT2D eigenvalue weighted by Crippen LogP contribution is 2.26. The summed E-state index contributed by atoms with van der Waals surface area (Å²) in [6.45, 7) is 3.96. The molecule has 3 nitrogen and oxygen atoms in total. The Labute approximate surface area is 95.3 Å². The predicted octanol–water partition coefficient (Wildman–Crippen LogP) is 1.33. The molecule has 0 aromatic rings. The molecule has 0 unspecified atom stereocenters. The molecule has 1 aliphatic rings. The maximum Gasteiger partial charge on any atom is 0.220 e. The number of hydrogen-bond donors (Lipinski definition) is 2. The van der Waals surface area contributed by atoms with E-state index in [1.165, 1.54) is 0 Å². The van der Waals surface area contributed by atoms with E-state index in [2.05, 4.69) is 11.9 Å². The van der Waals surface area contributed by atoms with Crippen LogP contribution in [0.5, 0.6) is 0 Å². The summed E-state index contributed by atoms with van der Waals surface area (Å²) in [5.41, 5.74) is -0.672. The second kappa shape index (κ2) is 6.18. The summed E-state index contributed by atoms with van der Waals surface area (Å²) in [6, 6.07) is 0. The van der Waals surface area contributed by atoms with Gasteiger partial charge in [-0.25, -0.2) is 0 Å². The fourth-order valence-electron chi connectivity index (χ4n) is 1.51. The van der Waals surface area contributed by atoms with E-state index in [1.54, 1.807) is 6.08 Å². The topological polar surface area (TPSA) is 49.3 Å². The lowest BCUT2D eigenvalue weighted by atomic mass is 9.97. The summed E-state index contributed by atoms with van der Waals surface area (Å²) < 4.78 is 0. The third-order valence-corrected chi connectivity index (χ3v) is 3.60. The molecule has 4 heteroatoms. The van der Waals surface area contributed by atoms with Crippen molar-refractivity contribution in [1.82, 2.24) is 5.32 Å². The average molecular weight is 229 g/mol. The molecule has 1 rings (SSSR count). The molecule has 86 valence electrons. The first kappa shape index (κ1) is 12.6. The molecule has 1 saturated heterocycles. The van der Waals surface area contributed by atoms with Crippen molar-refractivity contribution in [1.29, 1.82) is 0 Å². The molecule has 0 bridgehead atoms. The van der Waals surface area contributed by atoms with Gasteiger partial charge in [0.25, 0.3) is 0 Å². The zero-order valence-electron chi connectivity index (χ0n) is 9.00. The standard InChI is InChI=1S/C11H19NO2S/c1-2-3-4-10(13)12-9-11(14)5-7-15-8-6-11/h2,14H,1,3-9H2,(H,12,13). The van der Waals surface area contributed by atoms with Crippen LogP contribution in [0.1, 0.15) is 25.7 Å². The zero-order valence-corrected chi connectivity index (χ0v) is 9.81. The number of hydrogen-bond acceptors (Lipinski definition) is 3. The lowest BCUT2D eigenvalue weighted by Crippen LogP contribution is -2.45. The summed E-state index contributed by atoms with van der Waals surface area (Å²) in [6.07, 6.45) is 4.44. The van der Waals surface area contributed by atoms with Gasteiger partial charge in [0.15, 0.2) is 0 Å². The number of thioether (sulfide) groups is 1. The fraction of sp³-hybridized carbons (Fsp3) is 0.727. The minimum absolute atomic E-state index is 0.00144. The first-order valence-corrected chi connectivity index (χ1v) is 6.49. The van der Waals surface area contributed by atoms with E-state index in [4.69, 9.17) is 0 Å². The first-order chi connectivity index (χ1) is 7.16. The molecule has 0 aliphatic carbocycles. The van der Waals surface area contributed by atoms with Crippen LogP contribution >= 0.6 is 11.8 Å². The maximum atomic E-state index is 11.3. The summed E-state index contributed by atoms with van der Waals surface area (Å²) in [5.74, 6) is 1.97. The van der Waals surface area contributed by atoms with Crippen LogP contribution in [0.3, 0.4) is 0 Å². The van der Waals surface area contributed by atoms with Crippen LogP contribution in [0, 0.1) is 0 Å². The summed E-state index contributed by atoms with van der Waals surface area (Å²) >= 11 is 1.86. The molecule has 15 heavy (non-hydrogen) atoms. The van der Waals surface area contributed by atoms with Crippen molar-refractivity contribution in [3.8, 4) is 0 Å². The van der Waals surface area contributed by atoms with Crippen molar-refractivity contribution in [2.75, 3.05) is 18.1 Å². The number of aliphatic hydroxyl groups is 1. The molecule has 1 fully saturated rings. The van der Waals surface area contributed by atoms with Gasteiger partial charge < -0.3 is 10.4 Å². The van der Waals surface area contributed by atoms with Crippen molar-refractivity contribution < 1.29 is 9.90 Å². The van der Waals surface area contributed by atoms with Crippen LogP contribution in [-0.2, 0) is 4.79 Å². The van der Waals surface area contributed by atoms with Crippen molar-refractivity contribution in [2.45, 2.75) is 31.3 Å². The quantitative estimate of drug-likeness (QED) is 0.699. The predicted molar refractivity (Wildman–Crippen MR) is 63.9 cm³/mol. The van der Waals surface area contributed by atoms with Gasteiger partial charge in [-0.2, -0.15) is 11.8 Å². The highest BCUT2D eigenvalue weighted by atomic mass is 32.2. The molecule has 0 spiro atoms. The SMILES string of the molecule is C=CCCC(=O)NCC1(O)CCSCC1. The van der Waals surface area contributed by atoms with Gasteiger partial charge in [-0.1, -0.05) is 6.08 Å². The van der Waals surface area contributed by atoms with E-state index < -0.39 is 5.60 Å². The Bertz CT molecular complexity index is 225. The minimum atomic E-state index is -0.672. The maximum absolute atomic E-state index is 11.3. The van der Waals surface area contributed by atoms with Gasteiger partial charge >= 0.3 is 0 Å². The Balaban J connectivity index is 2.22. The molecule has 0 atom stereocenters. The van der Waals surface area contributed by atoms with Crippen LogP contribution in [0.2, 0.25) is 0 Å². The number of nitrogens with one attached hydrogen (secondary N) is 1. The molecule has 0 saturated carbocycles. The van der Waals surface area contributed by atoms with Crippen molar-refractivity contribution in [2.24, 2.45) is 0 Å². The van der Waals surface area contributed by atoms with E-state index >= 15 is 0 Å². The summed E-state index contributed by atoms with van der Waals surface area (Å²) in [7, 11) is 0. The Hall–Kier alpha value is -0.480. The van der Waals surface area contributed by atoms with Crippen LogP contribution in [0.4, 0.5) is 0 Å². The number of carbonyl (C=O) groups is 1. The number of allylic oxidation sites excluding steroid dienone is 1. The van der Waals surface area contributed by atoms with Crippen LogP contribution in [-0.4, -0.2) is 34.7 Å². The second-order valence-corrected chi connectivity index (χ2v) is 5.17. The summed E-state index contributed by atoms with van der Waals surface area (Å²) in [4.78, 5) is 11.3. The van der Waals surface area contributed by atoms with Crippen LogP contribution < -0.4 is 5.32 Å². The number of carbonyl (C=O) groups excluding carboxylic acids is 1. The molecule has 0 aromatic heterocycles. The normalized spacial score (nSPS) is 19.5. The highest BCUT2D eigenvalue weighted by Gasteiger charge is 2.29. The Morgan fingerprint density at radius 3 is 2.80 bits per heavy atom. The molecular weight excluding hydrogens is 210 g/mol. The smallest absolute Gasteiger partial charge is 0.220 e. The van der Waals surface area contributed by atoms with Gasteiger partial charge in [0.05, 0.1) is 5.60 Å². The van der Waals surface area contributed by atoms with E-state index in [9.17, 15) is 9.90 Å². The molecule has 0 radical (unpaired) electrons. The molecule has 1 amide bonds. The van der Waals surface area contributed by atoms with E-state index in [-0.39, 0.29) is 5.91 Å². The third-order valence-electron chi connectivity index (χ3n) is 2.61. The molecular formula is C11H19NO2S. The Kier molecular flexibility index (Phi) is 5.19. The first-order valence-electron chi connectivity index (χ1n) is 5.34. The molecule has 0 aromatic carbocycles. The Morgan fingerprint density at radius 2 is 2.20 bits per heavy atom. The van der Waals surface area contributed by atoms with Crippen LogP contribution in [0.25, 0.3) is 0 Å². The largest absolute Gasteiger partial charge is 0.388 e. The van der Waals surface area contributed by atoms with Gasteiger partial charge in [-0.05, 0) is 30.8 Å². The van der Waals surface area contributed by atoms with Crippen molar-refractivity contribution in [3.05, 3.63) is 12.7 Å². The second-order valence-electron chi connectivity index (χ2n) is 3.94. The van der Waals surface area contributed by atoms with Crippen molar-refractivity contribution in [3.63, 3.8) is 0 Å². The molecule has 1 aliphatic heterocycles. The van der Waals surface area contributed by atoms with Crippen molar-refractivity contribution >= 4 is 17.7 Å². The zero-order chi connectivity index (χ0) is 11.1. The van der Waals surface area contributed by atoms with Gasteiger partial charge in [0.1, 0.15) is 0 Å². The highest BCUT2D eigenvalue weighted by molar-refractivity contribution is 7.99. The fourth-order valence-corrected chi connectivity index (χ4v) is 2.77. The van der Waals surface area contributed by atoms with Gasteiger partial charge in [0.2, 0.25) is 5.91 Å². The monoisotopic (exact) mass is 229 g/mol. The summed E-state index contributed by atoms with van der Waals surface area (Å²) in [5, 5.41) is 12.9. The number of rotatable bonds is 5. The van der Waals surface area contributed by atoms with Gasteiger partial charge in [0, 0.05) is 13.0 Å². The number of amides is 1. The van der Waals surface area contributed by atoms with E-state index in [1.807, 2.05) is 11.8 Å². The lowest BCUT2D eigenvalue weighted by molar-refractivity contribution is -0.122. The average Bonchev–Trinajstić information content (AvgIpc) is 2.25. The van der Waals surface area contributed by atoms with Crippen LogP contribution in [0.15, 0.2) is 12.7 Å². The van der Waals surface area contributed by atoms with E-state index in [0.717, 1.165) is 24.3 Å². The molecule has 2 N–H and O–H groups in total. The third kappa shape index (κ3) is 4.71. The van der Waals surface area contributed by atoms with E-state index in [0.29, 0.717) is 19.4 Å². The van der Waals surface area contributed by atoms with Gasteiger partial charge in [-0.15, -0.1) is 6.58 Å². The minimum Gasteiger partial charge on any atom is -0.388 e. The lowest BCUT2D eigenvalue weighted by Gasteiger charge is -2.31. The Morgan fingerprint density at radius 1 is 1.53 bits per heavy atom.